The Morgan fingerprint density at radius 2 is 2.07 bits per heavy atom. The quantitative estimate of drug-likeness (QED) is 0.768. The standard InChI is InChI=1S/C11H8N2OS/c12-7-9-1-3-10(4-2-9)8-13-5-6-15-11(13)14/h1-6H,8H2. The minimum absolute atomic E-state index is 0.0411. The molecule has 0 saturated heterocycles. The maximum atomic E-state index is 11.3. The Morgan fingerprint density at radius 1 is 1.33 bits per heavy atom. The molecular weight excluding hydrogens is 208 g/mol. The molecule has 15 heavy (non-hydrogen) atoms. The summed E-state index contributed by atoms with van der Waals surface area (Å²) in [5.41, 5.74) is 1.66. The van der Waals surface area contributed by atoms with E-state index in [0.29, 0.717) is 12.1 Å². The van der Waals surface area contributed by atoms with Gasteiger partial charge in [0, 0.05) is 11.6 Å². The highest BCUT2D eigenvalue weighted by Crippen LogP contribution is 2.05. The number of nitrogens with zero attached hydrogens (tertiary/aromatic N) is 2. The van der Waals surface area contributed by atoms with E-state index < -0.39 is 0 Å². The van der Waals surface area contributed by atoms with Crippen molar-refractivity contribution in [2.45, 2.75) is 6.54 Å². The van der Waals surface area contributed by atoms with Gasteiger partial charge in [0.25, 0.3) is 0 Å². The number of hydrogen-bond acceptors (Lipinski definition) is 3. The summed E-state index contributed by atoms with van der Waals surface area (Å²) in [4.78, 5) is 11.3. The first kappa shape index (κ1) is 9.69. The lowest BCUT2D eigenvalue weighted by Crippen LogP contribution is -2.12. The van der Waals surface area contributed by atoms with E-state index in [1.807, 2.05) is 12.1 Å². The molecule has 0 radical (unpaired) electrons. The predicted molar refractivity (Wildman–Crippen MR) is 58.8 cm³/mol. The van der Waals surface area contributed by atoms with E-state index in [2.05, 4.69) is 6.07 Å². The van der Waals surface area contributed by atoms with Crippen LogP contribution in [0.2, 0.25) is 0 Å². The Bertz CT molecular complexity index is 545. The molecule has 2 aromatic rings. The van der Waals surface area contributed by atoms with E-state index in [4.69, 9.17) is 5.26 Å². The van der Waals surface area contributed by atoms with Crippen LogP contribution in [-0.2, 0) is 6.54 Å². The minimum atomic E-state index is 0.0411. The SMILES string of the molecule is N#Cc1ccc(Cn2ccsc2=O)cc1. The molecule has 1 aromatic heterocycles. The van der Waals surface area contributed by atoms with Crippen molar-refractivity contribution in [3.05, 3.63) is 56.6 Å². The van der Waals surface area contributed by atoms with Crippen molar-refractivity contribution >= 4 is 11.3 Å². The van der Waals surface area contributed by atoms with Crippen molar-refractivity contribution in [3.8, 4) is 6.07 Å². The third-order valence-electron chi connectivity index (χ3n) is 2.08. The van der Waals surface area contributed by atoms with Gasteiger partial charge in [0.2, 0.25) is 0 Å². The highest BCUT2D eigenvalue weighted by molar-refractivity contribution is 7.07. The molecule has 0 aliphatic carbocycles. The molecule has 4 heteroatoms. The Labute approximate surface area is 90.8 Å². The van der Waals surface area contributed by atoms with E-state index in [0.717, 1.165) is 5.56 Å². The molecule has 0 fully saturated rings. The number of thiazole rings is 1. The van der Waals surface area contributed by atoms with E-state index in [1.165, 1.54) is 11.3 Å². The monoisotopic (exact) mass is 216 g/mol. The number of nitriles is 1. The van der Waals surface area contributed by atoms with Crippen LogP contribution in [0.4, 0.5) is 0 Å². The number of rotatable bonds is 2. The summed E-state index contributed by atoms with van der Waals surface area (Å²) in [5, 5.41) is 10.4. The Morgan fingerprint density at radius 3 is 2.60 bits per heavy atom. The van der Waals surface area contributed by atoms with Gasteiger partial charge in [0.1, 0.15) is 0 Å². The molecule has 74 valence electrons. The van der Waals surface area contributed by atoms with Gasteiger partial charge in [-0.1, -0.05) is 23.5 Å². The maximum Gasteiger partial charge on any atom is 0.307 e. The van der Waals surface area contributed by atoms with Crippen LogP contribution in [0.15, 0.2) is 40.6 Å². The van der Waals surface area contributed by atoms with Gasteiger partial charge in [0.15, 0.2) is 0 Å². The van der Waals surface area contributed by atoms with Crippen LogP contribution in [0.1, 0.15) is 11.1 Å². The third-order valence-corrected chi connectivity index (χ3v) is 2.77. The van der Waals surface area contributed by atoms with E-state index in [1.54, 1.807) is 28.3 Å². The zero-order valence-electron chi connectivity index (χ0n) is 7.88. The van der Waals surface area contributed by atoms with Crippen LogP contribution < -0.4 is 4.87 Å². The Kier molecular flexibility index (Phi) is 2.66. The second kappa shape index (κ2) is 4.11. The summed E-state index contributed by atoms with van der Waals surface area (Å²) in [6, 6.07) is 9.30. The van der Waals surface area contributed by atoms with Crippen molar-refractivity contribution in [2.75, 3.05) is 0 Å². The first-order valence-corrected chi connectivity index (χ1v) is 5.30. The molecule has 0 saturated carbocycles. The van der Waals surface area contributed by atoms with Crippen LogP contribution in [0.25, 0.3) is 0 Å². The van der Waals surface area contributed by atoms with Crippen molar-refractivity contribution in [1.29, 1.82) is 5.26 Å². The molecule has 0 atom stereocenters. The Hall–Kier alpha value is -1.86. The first-order valence-electron chi connectivity index (χ1n) is 4.42. The highest BCUT2D eigenvalue weighted by Gasteiger charge is 1.98. The van der Waals surface area contributed by atoms with Crippen molar-refractivity contribution in [3.63, 3.8) is 0 Å². The summed E-state index contributed by atoms with van der Waals surface area (Å²) in [6.07, 6.45) is 1.77. The summed E-state index contributed by atoms with van der Waals surface area (Å²) >= 11 is 1.19. The largest absolute Gasteiger partial charge is 0.307 e. The van der Waals surface area contributed by atoms with Crippen molar-refractivity contribution in [1.82, 2.24) is 4.57 Å². The topological polar surface area (TPSA) is 45.8 Å². The van der Waals surface area contributed by atoms with Gasteiger partial charge < -0.3 is 4.57 Å². The van der Waals surface area contributed by atoms with Gasteiger partial charge >= 0.3 is 4.87 Å². The van der Waals surface area contributed by atoms with E-state index >= 15 is 0 Å². The molecule has 0 aliphatic rings. The lowest BCUT2D eigenvalue weighted by molar-refractivity contribution is 0.784. The first-order chi connectivity index (χ1) is 7.29. The Balaban J connectivity index is 2.23. The van der Waals surface area contributed by atoms with Crippen LogP contribution in [-0.4, -0.2) is 4.57 Å². The molecule has 3 nitrogen and oxygen atoms in total. The lowest BCUT2D eigenvalue weighted by Gasteiger charge is -2.01. The van der Waals surface area contributed by atoms with E-state index in [-0.39, 0.29) is 4.87 Å². The van der Waals surface area contributed by atoms with Crippen LogP contribution in [0, 0.1) is 11.3 Å². The zero-order chi connectivity index (χ0) is 10.7. The second-order valence-corrected chi connectivity index (χ2v) is 3.96. The van der Waals surface area contributed by atoms with Gasteiger partial charge in [-0.3, -0.25) is 4.79 Å². The fourth-order valence-electron chi connectivity index (χ4n) is 1.29. The number of aromatic nitrogens is 1. The second-order valence-electron chi connectivity index (χ2n) is 3.11. The summed E-state index contributed by atoms with van der Waals surface area (Å²) in [7, 11) is 0. The molecule has 0 aliphatic heterocycles. The molecule has 2 rings (SSSR count). The van der Waals surface area contributed by atoms with Gasteiger partial charge in [-0.2, -0.15) is 5.26 Å². The third kappa shape index (κ3) is 2.14. The normalized spacial score (nSPS) is 9.80. The highest BCUT2D eigenvalue weighted by atomic mass is 32.1. The summed E-state index contributed by atoms with van der Waals surface area (Å²) < 4.78 is 1.64. The molecule has 0 N–H and O–H groups in total. The van der Waals surface area contributed by atoms with Gasteiger partial charge in [-0.15, -0.1) is 0 Å². The minimum Gasteiger partial charge on any atom is -0.302 e. The van der Waals surface area contributed by atoms with E-state index in [9.17, 15) is 4.79 Å². The smallest absolute Gasteiger partial charge is 0.302 e. The average molecular weight is 216 g/mol. The predicted octanol–water partition coefficient (Wildman–Crippen LogP) is 1.83. The van der Waals surface area contributed by atoms with Crippen molar-refractivity contribution < 1.29 is 0 Å². The van der Waals surface area contributed by atoms with Crippen LogP contribution in [0.3, 0.4) is 0 Å². The van der Waals surface area contributed by atoms with Crippen LogP contribution >= 0.6 is 11.3 Å². The van der Waals surface area contributed by atoms with Gasteiger partial charge in [0.05, 0.1) is 18.2 Å². The molecule has 1 heterocycles. The van der Waals surface area contributed by atoms with Gasteiger partial charge in [-0.05, 0) is 17.7 Å². The van der Waals surface area contributed by atoms with Crippen molar-refractivity contribution in [2.24, 2.45) is 0 Å². The average Bonchev–Trinajstić information content (AvgIpc) is 2.66. The molecule has 1 aromatic carbocycles. The molecule has 0 amide bonds. The molecule has 0 spiro atoms. The summed E-state index contributed by atoms with van der Waals surface area (Å²) in [5.74, 6) is 0. The number of hydrogen-bond donors (Lipinski definition) is 0. The molecule has 0 bridgehead atoms. The fraction of sp³-hybridized carbons (Fsp3) is 0.0909. The maximum absolute atomic E-state index is 11.3. The molecular formula is C11H8N2OS. The summed E-state index contributed by atoms with van der Waals surface area (Å²) in [6.45, 7) is 0.564. The van der Waals surface area contributed by atoms with Gasteiger partial charge in [-0.25, -0.2) is 0 Å². The fourth-order valence-corrected chi connectivity index (χ4v) is 1.87. The number of benzene rings is 1. The molecule has 0 unspecified atom stereocenters. The zero-order valence-corrected chi connectivity index (χ0v) is 8.70. The lowest BCUT2D eigenvalue weighted by atomic mass is 10.1. The van der Waals surface area contributed by atoms with Crippen LogP contribution in [0.5, 0.6) is 0 Å².